The van der Waals surface area contributed by atoms with Crippen LogP contribution in [0, 0.1) is 5.41 Å². The largest absolute Gasteiger partial charge is 0.481 e. The third kappa shape index (κ3) is 2.36. The van der Waals surface area contributed by atoms with E-state index in [2.05, 4.69) is 15.3 Å². The van der Waals surface area contributed by atoms with Crippen molar-refractivity contribution < 1.29 is 4.74 Å². The molecule has 1 aromatic heterocycles. The van der Waals surface area contributed by atoms with Gasteiger partial charge in [0.25, 0.3) is 0 Å². The van der Waals surface area contributed by atoms with Crippen LogP contribution in [-0.2, 0) is 0 Å². The van der Waals surface area contributed by atoms with E-state index in [1.54, 1.807) is 13.2 Å². The van der Waals surface area contributed by atoms with E-state index in [0.717, 1.165) is 18.9 Å². The van der Waals surface area contributed by atoms with Crippen molar-refractivity contribution in [1.82, 2.24) is 9.97 Å². The van der Waals surface area contributed by atoms with Gasteiger partial charge in [-0.25, -0.2) is 9.97 Å². The monoisotopic (exact) mass is 208 g/mol. The Kier molecular flexibility index (Phi) is 2.73. The molecular weight excluding hydrogens is 192 g/mol. The Balaban J connectivity index is 1.93. The Morgan fingerprint density at radius 1 is 1.53 bits per heavy atom. The SMILES string of the molecule is COc1cc(NCC2(CN)CC2)ncn1. The van der Waals surface area contributed by atoms with Crippen LogP contribution in [0.2, 0.25) is 0 Å². The second-order valence-corrected chi connectivity index (χ2v) is 4.00. The number of hydrogen-bond acceptors (Lipinski definition) is 5. The van der Waals surface area contributed by atoms with Gasteiger partial charge in [-0.1, -0.05) is 0 Å². The van der Waals surface area contributed by atoms with Gasteiger partial charge in [0.1, 0.15) is 12.1 Å². The highest BCUT2D eigenvalue weighted by Gasteiger charge is 2.40. The molecule has 1 heterocycles. The Hall–Kier alpha value is -1.36. The number of nitrogens with zero attached hydrogens (tertiary/aromatic N) is 2. The summed E-state index contributed by atoms with van der Waals surface area (Å²) in [5.41, 5.74) is 6.00. The molecule has 5 nitrogen and oxygen atoms in total. The molecule has 0 unspecified atom stereocenters. The van der Waals surface area contributed by atoms with Crippen LogP contribution in [0.4, 0.5) is 5.82 Å². The van der Waals surface area contributed by atoms with E-state index in [1.165, 1.54) is 19.2 Å². The number of hydrogen-bond donors (Lipinski definition) is 2. The molecule has 1 fully saturated rings. The van der Waals surface area contributed by atoms with Gasteiger partial charge in [-0.2, -0.15) is 0 Å². The fourth-order valence-electron chi connectivity index (χ4n) is 1.46. The molecule has 0 aromatic carbocycles. The van der Waals surface area contributed by atoms with Crippen LogP contribution in [0.5, 0.6) is 5.88 Å². The molecule has 1 saturated carbocycles. The minimum atomic E-state index is 0.304. The van der Waals surface area contributed by atoms with Crippen molar-refractivity contribution in [2.75, 3.05) is 25.5 Å². The van der Waals surface area contributed by atoms with Crippen LogP contribution >= 0.6 is 0 Å². The predicted octanol–water partition coefficient (Wildman–Crippen LogP) is 0.636. The zero-order chi connectivity index (χ0) is 10.7. The van der Waals surface area contributed by atoms with E-state index in [9.17, 15) is 0 Å². The van der Waals surface area contributed by atoms with Gasteiger partial charge in [-0.05, 0) is 24.8 Å². The molecule has 82 valence electrons. The van der Waals surface area contributed by atoms with E-state index >= 15 is 0 Å². The van der Waals surface area contributed by atoms with E-state index in [1.807, 2.05) is 0 Å². The number of rotatable bonds is 5. The highest BCUT2D eigenvalue weighted by molar-refractivity contribution is 5.37. The second-order valence-electron chi connectivity index (χ2n) is 4.00. The first kappa shape index (κ1) is 10.2. The van der Waals surface area contributed by atoms with Gasteiger partial charge in [0.15, 0.2) is 0 Å². The van der Waals surface area contributed by atoms with E-state index in [0.29, 0.717) is 11.3 Å². The van der Waals surface area contributed by atoms with E-state index in [4.69, 9.17) is 10.5 Å². The summed E-state index contributed by atoms with van der Waals surface area (Å²) in [6.07, 6.45) is 3.90. The zero-order valence-corrected chi connectivity index (χ0v) is 8.86. The normalized spacial score (nSPS) is 17.2. The van der Waals surface area contributed by atoms with Gasteiger partial charge in [0, 0.05) is 12.6 Å². The van der Waals surface area contributed by atoms with E-state index < -0.39 is 0 Å². The molecule has 1 aromatic rings. The maximum atomic E-state index is 5.69. The quantitative estimate of drug-likeness (QED) is 0.742. The van der Waals surface area contributed by atoms with Crippen LogP contribution < -0.4 is 15.8 Å². The smallest absolute Gasteiger partial charge is 0.218 e. The molecular formula is C10H16N4O. The Morgan fingerprint density at radius 2 is 2.33 bits per heavy atom. The number of aromatic nitrogens is 2. The minimum Gasteiger partial charge on any atom is -0.481 e. The molecule has 0 bridgehead atoms. The lowest BCUT2D eigenvalue weighted by atomic mass is 10.1. The van der Waals surface area contributed by atoms with Crippen molar-refractivity contribution in [3.05, 3.63) is 12.4 Å². The Morgan fingerprint density at radius 3 is 2.93 bits per heavy atom. The molecule has 0 spiro atoms. The number of anilines is 1. The van der Waals surface area contributed by atoms with Crippen molar-refractivity contribution in [1.29, 1.82) is 0 Å². The molecule has 5 heteroatoms. The molecule has 0 aliphatic heterocycles. The van der Waals surface area contributed by atoms with Gasteiger partial charge in [-0.3, -0.25) is 0 Å². The van der Waals surface area contributed by atoms with Gasteiger partial charge in [0.05, 0.1) is 7.11 Å². The zero-order valence-electron chi connectivity index (χ0n) is 8.86. The Bertz CT molecular complexity index is 338. The van der Waals surface area contributed by atoms with Crippen LogP contribution in [0.1, 0.15) is 12.8 Å². The molecule has 3 N–H and O–H groups in total. The first-order valence-corrected chi connectivity index (χ1v) is 5.08. The highest BCUT2D eigenvalue weighted by atomic mass is 16.5. The fraction of sp³-hybridized carbons (Fsp3) is 0.600. The van der Waals surface area contributed by atoms with Crippen LogP contribution in [0.15, 0.2) is 12.4 Å². The lowest BCUT2D eigenvalue weighted by Crippen LogP contribution is -2.24. The summed E-state index contributed by atoms with van der Waals surface area (Å²) in [5.74, 6) is 1.37. The molecule has 0 atom stereocenters. The minimum absolute atomic E-state index is 0.304. The number of nitrogens with one attached hydrogen (secondary N) is 1. The highest BCUT2D eigenvalue weighted by Crippen LogP contribution is 2.44. The average Bonchev–Trinajstić information content (AvgIpc) is 3.07. The molecule has 0 amide bonds. The van der Waals surface area contributed by atoms with E-state index in [-0.39, 0.29) is 0 Å². The summed E-state index contributed by atoms with van der Waals surface area (Å²) in [6, 6.07) is 1.78. The lowest BCUT2D eigenvalue weighted by Gasteiger charge is -2.13. The molecule has 0 radical (unpaired) electrons. The second kappa shape index (κ2) is 4.02. The summed E-state index contributed by atoms with van der Waals surface area (Å²) < 4.78 is 5.01. The maximum absolute atomic E-state index is 5.69. The van der Waals surface area contributed by atoms with Crippen molar-refractivity contribution >= 4 is 5.82 Å². The van der Waals surface area contributed by atoms with Gasteiger partial charge in [-0.15, -0.1) is 0 Å². The third-order valence-corrected chi connectivity index (χ3v) is 2.89. The van der Waals surface area contributed by atoms with Crippen LogP contribution in [0.25, 0.3) is 0 Å². The molecule has 1 aliphatic carbocycles. The number of methoxy groups -OCH3 is 1. The average molecular weight is 208 g/mol. The summed E-state index contributed by atoms with van der Waals surface area (Å²) in [4.78, 5) is 8.05. The maximum Gasteiger partial charge on any atom is 0.218 e. The summed E-state index contributed by atoms with van der Waals surface area (Å²) in [5, 5.41) is 3.26. The van der Waals surface area contributed by atoms with Crippen molar-refractivity contribution in [2.45, 2.75) is 12.8 Å². The number of ether oxygens (including phenoxy) is 1. The fourth-order valence-corrected chi connectivity index (χ4v) is 1.46. The standard InChI is InChI=1S/C10H16N4O/c1-15-9-4-8(13-7-14-9)12-6-10(5-11)2-3-10/h4,7H,2-3,5-6,11H2,1H3,(H,12,13,14). The lowest BCUT2D eigenvalue weighted by molar-refractivity contribution is 0.397. The van der Waals surface area contributed by atoms with Crippen LogP contribution in [0.3, 0.4) is 0 Å². The van der Waals surface area contributed by atoms with Crippen molar-refractivity contribution in [3.63, 3.8) is 0 Å². The first-order chi connectivity index (χ1) is 7.28. The molecule has 15 heavy (non-hydrogen) atoms. The van der Waals surface area contributed by atoms with Crippen molar-refractivity contribution in [2.24, 2.45) is 11.1 Å². The van der Waals surface area contributed by atoms with Crippen molar-refractivity contribution in [3.8, 4) is 5.88 Å². The predicted molar refractivity (Wildman–Crippen MR) is 57.8 cm³/mol. The summed E-state index contributed by atoms with van der Waals surface area (Å²) >= 11 is 0. The first-order valence-electron chi connectivity index (χ1n) is 5.08. The summed E-state index contributed by atoms with van der Waals surface area (Å²) in [7, 11) is 1.59. The van der Waals surface area contributed by atoms with Gasteiger partial charge < -0.3 is 15.8 Å². The molecule has 0 saturated heterocycles. The molecule has 2 rings (SSSR count). The third-order valence-electron chi connectivity index (χ3n) is 2.89. The summed E-state index contributed by atoms with van der Waals surface area (Å²) in [6.45, 7) is 1.62. The van der Waals surface area contributed by atoms with Crippen LogP contribution in [-0.4, -0.2) is 30.2 Å². The molecule has 1 aliphatic rings. The topological polar surface area (TPSA) is 73.1 Å². The van der Waals surface area contributed by atoms with Gasteiger partial charge in [0.2, 0.25) is 5.88 Å². The number of nitrogens with two attached hydrogens (primary N) is 1. The van der Waals surface area contributed by atoms with Gasteiger partial charge >= 0.3 is 0 Å². The Labute approximate surface area is 89.1 Å².